The van der Waals surface area contributed by atoms with Crippen molar-refractivity contribution in [2.75, 3.05) is 11.9 Å². The lowest BCUT2D eigenvalue weighted by Crippen LogP contribution is -2.07. The van der Waals surface area contributed by atoms with E-state index >= 15 is 0 Å². The van der Waals surface area contributed by atoms with Gasteiger partial charge in [-0.1, -0.05) is 26.0 Å². The summed E-state index contributed by atoms with van der Waals surface area (Å²) in [6, 6.07) is 8.22. The zero-order chi connectivity index (χ0) is 12.3. The van der Waals surface area contributed by atoms with Crippen LogP contribution in [0.15, 0.2) is 24.3 Å². The largest absolute Gasteiger partial charge is 0.356 e. The van der Waals surface area contributed by atoms with Crippen LogP contribution in [0.1, 0.15) is 26.7 Å². The highest BCUT2D eigenvalue weighted by atomic mass is 15.2. The third-order valence-corrected chi connectivity index (χ3v) is 3.03. The van der Waals surface area contributed by atoms with Crippen molar-refractivity contribution in [1.82, 2.24) is 9.55 Å². The highest BCUT2D eigenvalue weighted by Crippen LogP contribution is 2.17. The van der Waals surface area contributed by atoms with E-state index in [1.807, 2.05) is 12.1 Å². The number of aromatic nitrogens is 2. The molecule has 0 radical (unpaired) electrons. The van der Waals surface area contributed by atoms with E-state index in [4.69, 9.17) is 0 Å². The quantitative estimate of drug-likeness (QED) is 0.799. The maximum Gasteiger partial charge on any atom is 0.203 e. The van der Waals surface area contributed by atoms with E-state index in [0.29, 0.717) is 0 Å². The van der Waals surface area contributed by atoms with Crippen LogP contribution in [0.25, 0.3) is 11.0 Å². The van der Waals surface area contributed by atoms with Crippen LogP contribution >= 0.6 is 0 Å². The normalized spacial score (nSPS) is 11.3. The molecule has 1 aromatic heterocycles. The van der Waals surface area contributed by atoms with Gasteiger partial charge in [0.05, 0.1) is 11.0 Å². The molecular weight excluding hydrogens is 210 g/mol. The van der Waals surface area contributed by atoms with Crippen LogP contribution in [0, 0.1) is 5.92 Å². The van der Waals surface area contributed by atoms with Crippen molar-refractivity contribution in [3.8, 4) is 0 Å². The lowest BCUT2D eigenvalue weighted by molar-refractivity contribution is 0.566. The summed E-state index contributed by atoms with van der Waals surface area (Å²) in [5.74, 6) is 1.74. The van der Waals surface area contributed by atoms with Crippen molar-refractivity contribution in [2.45, 2.75) is 26.7 Å². The summed E-state index contributed by atoms with van der Waals surface area (Å²) < 4.78 is 2.12. The number of fused-ring (bicyclic) bond motifs is 1. The fraction of sp³-hybridized carbons (Fsp3) is 0.500. The topological polar surface area (TPSA) is 29.9 Å². The van der Waals surface area contributed by atoms with Gasteiger partial charge in [0.25, 0.3) is 0 Å². The third-order valence-electron chi connectivity index (χ3n) is 3.03. The first kappa shape index (κ1) is 12.0. The zero-order valence-corrected chi connectivity index (χ0v) is 10.9. The molecule has 0 saturated heterocycles. The van der Waals surface area contributed by atoms with Gasteiger partial charge >= 0.3 is 0 Å². The molecule has 3 nitrogen and oxygen atoms in total. The first-order valence-electron chi connectivity index (χ1n) is 6.34. The summed E-state index contributed by atoms with van der Waals surface area (Å²) in [4.78, 5) is 4.58. The predicted molar refractivity (Wildman–Crippen MR) is 73.3 cm³/mol. The number of nitrogens with one attached hydrogen (secondary N) is 1. The second-order valence-electron chi connectivity index (χ2n) is 4.95. The maximum atomic E-state index is 4.58. The maximum absolute atomic E-state index is 4.58. The van der Waals surface area contributed by atoms with Crippen molar-refractivity contribution in [1.29, 1.82) is 0 Å². The summed E-state index contributed by atoms with van der Waals surface area (Å²) in [5.41, 5.74) is 2.24. The average molecular weight is 231 g/mol. The summed E-state index contributed by atoms with van der Waals surface area (Å²) in [6.07, 6.45) is 2.46. The monoisotopic (exact) mass is 231 g/mol. The Morgan fingerprint density at radius 2 is 2.06 bits per heavy atom. The van der Waals surface area contributed by atoms with Gasteiger partial charge in [-0.05, 0) is 30.9 Å². The van der Waals surface area contributed by atoms with Gasteiger partial charge in [-0.2, -0.15) is 0 Å². The predicted octanol–water partition coefficient (Wildman–Crippen LogP) is 3.42. The average Bonchev–Trinajstić information content (AvgIpc) is 2.63. The standard InChI is InChI=1S/C14H21N3/c1-11(2)7-6-10-15-14-16-12-8-4-5-9-13(12)17(14)3/h4-5,8-9,11H,6-7,10H2,1-3H3,(H,15,16). The molecule has 0 bridgehead atoms. The molecular formula is C14H21N3. The number of nitrogens with zero attached hydrogens (tertiary/aromatic N) is 2. The van der Waals surface area contributed by atoms with Gasteiger partial charge in [-0.25, -0.2) is 4.98 Å². The zero-order valence-electron chi connectivity index (χ0n) is 10.9. The van der Waals surface area contributed by atoms with E-state index in [1.54, 1.807) is 0 Å². The van der Waals surface area contributed by atoms with E-state index < -0.39 is 0 Å². The molecule has 0 atom stereocenters. The van der Waals surface area contributed by atoms with Crippen LogP contribution in [0.4, 0.5) is 5.95 Å². The van der Waals surface area contributed by atoms with Crippen molar-refractivity contribution in [3.63, 3.8) is 0 Å². The number of hydrogen-bond donors (Lipinski definition) is 1. The Labute approximate surface area is 103 Å². The molecule has 0 saturated carbocycles. The van der Waals surface area contributed by atoms with Gasteiger partial charge in [0, 0.05) is 13.6 Å². The smallest absolute Gasteiger partial charge is 0.203 e. The Morgan fingerprint density at radius 3 is 2.76 bits per heavy atom. The molecule has 3 heteroatoms. The molecule has 0 amide bonds. The number of rotatable bonds is 5. The summed E-state index contributed by atoms with van der Waals surface area (Å²) >= 11 is 0. The minimum absolute atomic E-state index is 0.775. The fourth-order valence-electron chi connectivity index (χ4n) is 2.01. The van der Waals surface area contributed by atoms with Crippen molar-refractivity contribution >= 4 is 17.0 Å². The van der Waals surface area contributed by atoms with Crippen LogP contribution in [0.3, 0.4) is 0 Å². The number of anilines is 1. The van der Waals surface area contributed by atoms with Crippen molar-refractivity contribution in [2.24, 2.45) is 13.0 Å². The van der Waals surface area contributed by atoms with E-state index in [0.717, 1.165) is 23.9 Å². The number of aryl methyl sites for hydroxylation is 1. The van der Waals surface area contributed by atoms with Gasteiger partial charge < -0.3 is 9.88 Å². The van der Waals surface area contributed by atoms with Crippen LogP contribution in [0.2, 0.25) is 0 Å². The van der Waals surface area contributed by atoms with Gasteiger partial charge in [-0.3, -0.25) is 0 Å². The second kappa shape index (κ2) is 5.21. The van der Waals surface area contributed by atoms with E-state index in [-0.39, 0.29) is 0 Å². The number of benzene rings is 1. The van der Waals surface area contributed by atoms with E-state index in [2.05, 4.69) is 47.9 Å². The first-order valence-corrected chi connectivity index (χ1v) is 6.34. The molecule has 1 aromatic carbocycles. The minimum atomic E-state index is 0.775. The lowest BCUT2D eigenvalue weighted by Gasteiger charge is -2.07. The summed E-state index contributed by atoms with van der Waals surface area (Å²) in [6.45, 7) is 5.51. The number of hydrogen-bond acceptors (Lipinski definition) is 2. The van der Waals surface area contributed by atoms with E-state index in [1.165, 1.54) is 18.4 Å². The molecule has 1 N–H and O–H groups in total. The molecule has 0 spiro atoms. The van der Waals surface area contributed by atoms with Crippen molar-refractivity contribution in [3.05, 3.63) is 24.3 Å². The Morgan fingerprint density at radius 1 is 1.29 bits per heavy atom. The molecule has 2 rings (SSSR count). The van der Waals surface area contributed by atoms with E-state index in [9.17, 15) is 0 Å². The fourth-order valence-corrected chi connectivity index (χ4v) is 2.01. The van der Waals surface area contributed by atoms with Gasteiger partial charge in [-0.15, -0.1) is 0 Å². The SMILES string of the molecule is CC(C)CCCNc1nc2ccccc2n1C. The second-order valence-corrected chi connectivity index (χ2v) is 4.95. The highest BCUT2D eigenvalue weighted by Gasteiger charge is 2.05. The van der Waals surface area contributed by atoms with Crippen LogP contribution < -0.4 is 5.32 Å². The Bertz CT molecular complexity index is 485. The molecule has 0 fully saturated rings. The Balaban J connectivity index is 2.01. The minimum Gasteiger partial charge on any atom is -0.356 e. The molecule has 0 unspecified atom stereocenters. The molecule has 17 heavy (non-hydrogen) atoms. The molecule has 0 aliphatic heterocycles. The molecule has 0 aliphatic rings. The van der Waals surface area contributed by atoms with Gasteiger partial charge in [0.15, 0.2) is 0 Å². The van der Waals surface area contributed by atoms with Crippen molar-refractivity contribution < 1.29 is 0 Å². The lowest BCUT2D eigenvalue weighted by atomic mass is 10.1. The van der Waals surface area contributed by atoms with Crippen LogP contribution in [-0.2, 0) is 7.05 Å². The number of imidazole rings is 1. The molecule has 0 aliphatic carbocycles. The Hall–Kier alpha value is -1.51. The third kappa shape index (κ3) is 2.78. The molecule has 92 valence electrons. The van der Waals surface area contributed by atoms with Crippen LogP contribution in [0.5, 0.6) is 0 Å². The highest BCUT2D eigenvalue weighted by molar-refractivity contribution is 5.78. The molecule has 2 aromatic rings. The Kier molecular flexibility index (Phi) is 3.67. The first-order chi connectivity index (χ1) is 8.18. The summed E-state index contributed by atoms with van der Waals surface area (Å²) in [7, 11) is 2.06. The number of para-hydroxylation sites is 2. The van der Waals surface area contributed by atoms with Gasteiger partial charge in [0.2, 0.25) is 5.95 Å². The molecule has 1 heterocycles. The van der Waals surface area contributed by atoms with Crippen LogP contribution in [-0.4, -0.2) is 16.1 Å². The van der Waals surface area contributed by atoms with Gasteiger partial charge in [0.1, 0.15) is 0 Å². The summed E-state index contributed by atoms with van der Waals surface area (Å²) in [5, 5.41) is 3.41.